The van der Waals surface area contributed by atoms with Gasteiger partial charge in [-0.3, -0.25) is 0 Å². The van der Waals surface area contributed by atoms with E-state index < -0.39 is 0 Å². The van der Waals surface area contributed by atoms with Gasteiger partial charge in [0.25, 0.3) is 0 Å². The van der Waals surface area contributed by atoms with E-state index in [0.29, 0.717) is 29.3 Å². The second-order valence-electron chi connectivity index (χ2n) is 13.4. The first-order chi connectivity index (χ1) is 14.2. The molecule has 4 aliphatic rings. The highest BCUT2D eigenvalue weighted by Gasteiger charge is 2.60. The fraction of sp³-hybridized carbons (Fsp3) is 1.00. The predicted octanol–water partition coefficient (Wildman–Crippen LogP) is 7.96. The van der Waals surface area contributed by atoms with Gasteiger partial charge in [0.2, 0.25) is 0 Å². The summed E-state index contributed by atoms with van der Waals surface area (Å²) in [6.45, 7) is 15.5. The van der Waals surface area contributed by atoms with Gasteiger partial charge in [0, 0.05) is 6.61 Å². The van der Waals surface area contributed by atoms with Crippen LogP contribution >= 0.6 is 0 Å². The van der Waals surface area contributed by atoms with Crippen molar-refractivity contribution in [1.82, 2.24) is 0 Å². The number of hydrogen-bond donors (Lipinski definition) is 1. The maximum Gasteiger partial charge on any atom is 0.0459 e. The molecule has 174 valence electrons. The van der Waals surface area contributed by atoms with Gasteiger partial charge < -0.3 is 5.11 Å². The van der Waals surface area contributed by atoms with Crippen molar-refractivity contribution in [3.05, 3.63) is 0 Å². The largest absolute Gasteiger partial charge is 0.396 e. The Morgan fingerprint density at radius 3 is 2.20 bits per heavy atom. The summed E-state index contributed by atoms with van der Waals surface area (Å²) in [6, 6.07) is 0. The number of aliphatic hydroxyl groups is 1. The zero-order chi connectivity index (χ0) is 21.7. The van der Waals surface area contributed by atoms with E-state index in [0.717, 1.165) is 41.4 Å². The van der Waals surface area contributed by atoms with Gasteiger partial charge in [0.1, 0.15) is 0 Å². The van der Waals surface area contributed by atoms with Crippen LogP contribution in [0.5, 0.6) is 0 Å². The summed E-state index contributed by atoms with van der Waals surface area (Å²) in [5.41, 5.74) is 1.26. The van der Waals surface area contributed by atoms with Gasteiger partial charge in [-0.15, -0.1) is 0 Å². The fourth-order valence-corrected chi connectivity index (χ4v) is 9.96. The van der Waals surface area contributed by atoms with Crippen LogP contribution in [0.25, 0.3) is 0 Å². The molecule has 0 saturated heterocycles. The summed E-state index contributed by atoms with van der Waals surface area (Å²) in [6.07, 6.45) is 16.3. The Bertz CT molecular complexity index is 585. The lowest BCUT2D eigenvalue weighted by atomic mass is 9.43. The van der Waals surface area contributed by atoms with Gasteiger partial charge in [0.15, 0.2) is 0 Å². The molecule has 0 amide bonds. The molecular weight excluding hydrogens is 364 g/mol. The van der Waals surface area contributed by atoms with Crippen LogP contribution < -0.4 is 0 Å². The van der Waals surface area contributed by atoms with Crippen LogP contribution in [0.3, 0.4) is 0 Å². The van der Waals surface area contributed by atoms with E-state index >= 15 is 0 Å². The second kappa shape index (κ2) is 8.72. The molecule has 4 aliphatic carbocycles. The Hall–Kier alpha value is -0.0400. The Kier molecular flexibility index (Phi) is 6.72. The standard InChI is InChI=1S/C29H52O/c1-19(22(4)18-30)9-10-21(3)25-13-14-26-23-11-12-24-20(2)8-7-16-28(24,5)27(23)15-17-29(25,26)6/h19-27,30H,7-18H2,1-6H3/t19?,20-,21-,22?,23+,24?,25-,26+,27+,28+,29-/m1/s1. The predicted molar refractivity (Wildman–Crippen MR) is 128 cm³/mol. The number of hydrogen-bond acceptors (Lipinski definition) is 1. The summed E-state index contributed by atoms with van der Waals surface area (Å²) >= 11 is 0. The van der Waals surface area contributed by atoms with Crippen molar-refractivity contribution in [2.45, 2.75) is 112 Å². The third-order valence-electron chi connectivity index (χ3n) is 12.1. The van der Waals surface area contributed by atoms with E-state index in [-0.39, 0.29) is 0 Å². The normalized spacial score (nSPS) is 48.9. The Labute approximate surface area is 188 Å². The average molecular weight is 417 g/mol. The number of aliphatic hydroxyl groups excluding tert-OH is 1. The molecule has 0 heterocycles. The molecule has 1 heteroatoms. The van der Waals surface area contributed by atoms with Crippen LogP contribution in [0.1, 0.15) is 112 Å². The molecule has 11 atom stereocenters. The fourth-order valence-electron chi connectivity index (χ4n) is 9.96. The maximum absolute atomic E-state index is 9.51. The minimum absolute atomic E-state index is 0.347. The van der Waals surface area contributed by atoms with E-state index in [4.69, 9.17) is 0 Å². The van der Waals surface area contributed by atoms with Crippen LogP contribution in [0.15, 0.2) is 0 Å². The molecule has 30 heavy (non-hydrogen) atoms. The minimum Gasteiger partial charge on any atom is -0.396 e. The van der Waals surface area contributed by atoms with Crippen molar-refractivity contribution in [2.75, 3.05) is 6.61 Å². The molecule has 1 N–H and O–H groups in total. The summed E-state index contributed by atoms with van der Waals surface area (Å²) < 4.78 is 0. The van der Waals surface area contributed by atoms with Crippen molar-refractivity contribution < 1.29 is 5.11 Å². The smallest absolute Gasteiger partial charge is 0.0459 e. The van der Waals surface area contributed by atoms with Crippen molar-refractivity contribution in [3.8, 4) is 0 Å². The van der Waals surface area contributed by atoms with Crippen LogP contribution in [0.2, 0.25) is 0 Å². The van der Waals surface area contributed by atoms with Gasteiger partial charge in [-0.1, -0.05) is 67.2 Å². The lowest BCUT2D eigenvalue weighted by Crippen LogP contribution is -2.54. The quantitative estimate of drug-likeness (QED) is 0.465. The molecular formula is C29H52O. The minimum atomic E-state index is 0.347. The van der Waals surface area contributed by atoms with Crippen LogP contribution in [-0.4, -0.2) is 11.7 Å². The number of fused-ring (bicyclic) bond motifs is 5. The second-order valence-corrected chi connectivity index (χ2v) is 13.4. The Morgan fingerprint density at radius 1 is 0.767 bits per heavy atom. The van der Waals surface area contributed by atoms with Crippen molar-refractivity contribution >= 4 is 0 Å². The summed E-state index contributed by atoms with van der Waals surface area (Å²) in [4.78, 5) is 0. The number of rotatable bonds is 6. The molecule has 0 aromatic heterocycles. The molecule has 0 aromatic rings. The Morgan fingerprint density at radius 2 is 1.47 bits per heavy atom. The van der Waals surface area contributed by atoms with Crippen molar-refractivity contribution in [2.24, 2.45) is 64.1 Å². The molecule has 4 saturated carbocycles. The lowest BCUT2D eigenvalue weighted by molar-refractivity contribution is -0.127. The summed E-state index contributed by atoms with van der Waals surface area (Å²) in [5.74, 6) is 7.95. The van der Waals surface area contributed by atoms with E-state index in [2.05, 4.69) is 41.5 Å². The average Bonchev–Trinajstić information content (AvgIpc) is 3.08. The third kappa shape index (κ3) is 3.72. The first-order valence-corrected chi connectivity index (χ1v) is 13.8. The zero-order valence-electron chi connectivity index (χ0n) is 21.1. The maximum atomic E-state index is 9.51. The van der Waals surface area contributed by atoms with Crippen LogP contribution in [0.4, 0.5) is 0 Å². The van der Waals surface area contributed by atoms with Gasteiger partial charge in [0.05, 0.1) is 0 Å². The van der Waals surface area contributed by atoms with Gasteiger partial charge in [-0.05, 0) is 109 Å². The van der Waals surface area contributed by atoms with Gasteiger partial charge in [-0.25, -0.2) is 0 Å². The molecule has 0 spiro atoms. The molecule has 0 bridgehead atoms. The highest BCUT2D eigenvalue weighted by molar-refractivity contribution is 5.09. The van der Waals surface area contributed by atoms with Crippen LogP contribution in [-0.2, 0) is 0 Å². The van der Waals surface area contributed by atoms with Gasteiger partial charge >= 0.3 is 0 Å². The van der Waals surface area contributed by atoms with E-state index in [1.165, 1.54) is 64.2 Å². The van der Waals surface area contributed by atoms with E-state index in [9.17, 15) is 5.11 Å². The summed E-state index contributed by atoms with van der Waals surface area (Å²) in [5, 5.41) is 9.51. The van der Waals surface area contributed by atoms with E-state index in [1.807, 2.05) is 0 Å². The molecule has 3 unspecified atom stereocenters. The third-order valence-corrected chi connectivity index (χ3v) is 12.1. The first kappa shape index (κ1) is 23.1. The first-order valence-electron chi connectivity index (χ1n) is 13.8. The molecule has 4 fully saturated rings. The molecule has 0 aliphatic heterocycles. The monoisotopic (exact) mass is 416 g/mol. The topological polar surface area (TPSA) is 20.2 Å². The highest BCUT2D eigenvalue weighted by atomic mass is 16.3. The van der Waals surface area contributed by atoms with E-state index in [1.54, 1.807) is 6.42 Å². The van der Waals surface area contributed by atoms with Crippen molar-refractivity contribution in [3.63, 3.8) is 0 Å². The van der Waals surface area contributed by atoms with Crippen molar-refractivity contribution in [1.29, 1.82) is 0 Å². The lowest BCUT2D eigenvalue weighted by Gasteiger charge is -2.62. The molecule has 1 nitrogen and oxygen atoms in total. The summed E-state index contributed by atoms with van der Waals surface area (Å²) in [7, 11) is 0. The SMILES string of the molecule is CC(CO)C(C)CC[C@@H](C)[C@H]1CC[C@H]2[C@@H]3CCC4[C@H](C)CCC[C@]4(C)[C@H]3CC[C@]12C. The Balaban J connectivity index is 1.45. The molecule has 0 aromatic carbocycles. The zero-order valence-corrected chi connectivity index (χ0v) is 21.1. The molecule has 4 rings (SSSR count). The highest BCUT2D eigenvalue weighted by Crippen LogP contribution is 2.68. The van der Waals surface area contributed by atoms with Crippen LogP contribution in [0, 0.1) is 64.1 Å². The van der Waals surface area contributed by atoms with Gasteiger partial charge in [-0.2, -0.15) is 0 Å². The molecule has 0 radical (unpaired) electrons.